The summed E-state index contributed by atoms with van der Waals surface area (Å²) in [6.07, 6.45) is 3.42. The fourth-order valence-corrected chi connectivity index (χ4v) is 4.45. The van der Waals surface area contributed by atoms with E-state index in [-0.39, 0.29) is 5.91 Å². The van der Waals surface area contributed by atoms with Gasteiger partial charge < -0.3 is 4.42 Å². The van der Waals surface area contributed by atoms with Gasteiger partial charge in [0.25, 0.3) is 5.91 Å². The van der Waals surface area contributed by atoms with Crippen LogP contribution in [0.1, 0.15) is 41.0 Å². The molecule has 164 valence electrons. The van der Waals surface area contributed by atoms with Crippen LogP contribution >= 0.6 is 11.6 Å². The number of benzene rings is 2. The summed E-state index contributed by atoms with van der Waals surface area (Å²) in [5, 5.41) is 8.13. The maximum absolute atomic E-state index is 12.7. The normalized spacial score (nSPS) is 14.7. The topological polar surface area (TPSA) is 63.3 Å². The van der Waals surface area contributed by atoms with Crippen molar-refractivity contribution in [3.05, 3.63) is 76.6 Å². The van der Waals surface area contributed by atoms with Crippen LogP contribution in [0.2, 0.25) is 5.02 Å². The molecule has 1 amide bonds. The van der Waals surface area contributed by atoms with Crippen LogP contribution in [0.3, 0.4) is 0 Å². The van der Waals surface area contributed by atoms with Crippen molar-refractivity contribution in [1.82, 2.24) is 20.2 Å². The van der Waals surface area contributed by atoms with Gasteiger partial charge in [-0.2, -0.15) is 5.10 Å². The molecule has 0 unspecified atom stereocenters. The zero-order valence-electron chi connectivity index (χ0n) is 18.0. The molecule has 0 radical (unpaired) electrons. The lowest BCUT2D eigenvalue weighted by atomic mass is 10.1. The van der Waals surface area contributed by atoms with Gasteiger partial charge in [-0.1, -0.05) is 48.4 Å². The van der Waals surface area contributed by atoms with Crippen LogP contribution in [0.5, 0.6) is 0 Å². The van der Waals surface area contributed by atoms with Crippen LogP contribution in [0.25, 0.3) is 22.3 Å². The van der Waals surface area contributed by atoms with Crippen LogP contribution in [-0.4, -0.2) is 33.8 Å². The van der Waals surface area contributed by atoms with Crippen LogP contribution in [-0.2, 0) is 6.54 Å². The Labute approximate surface area is 191 Å². The van der Waals surface area contributed by atoms with Gasteiger partial charge in [0.05, 0.1) is 6.54 Å². The lowest BCUT2D eigenvalue weighted by molar-refractivity contribution is 0.0744. The molecule has 6 nitrogen and oxygen atoms in total. The summed E-state index contributed by atoms with van der Waals surface area (Å²) in [4.78, 5) is 12.7. The monoisotopic (exact) mass is 448 g/mol. The molecule has 32 heavy (non-hydrogen) atoms. The molecule has 0 spiro atoms. The Morgan fingerprint density at radius 2 is 1.88 bits per heavy atom. The molecule has 1 fully saturated rings. The van der Waals surface area contributed by atoms with Crippen LogP contribution < -0.4 is 5.43 Å². The van der Waals surface area contributed by atoms with Gasteiger partial charge in [0.15, 0.2) is 5.69 Å². The van der Waals surface area contributed by atoms with E-state index in [9.17, 15) is 4.79 Å². The van der Waals surface area contributed by atoms with Crippen molar-refractivity contribution in [3.8, 4) is 11.3 Å². The molecule has 0 saturated carbocycles. The summed E-state index contributed by atoms with van der Waals surface area (Å²) in [6, 6.07) is 17.6. The van der Waals surface area contributed by atoms with Crippen molar-refractivity contribution < 1.29 is 9.21 Å². The summed E-state index contributed by atoms with van der Waals surface area (Å²) < 4.78 is 8.04. The number of rotatable bonds is 5. The maximum atomic E-state index is 12.7. The summed E-state index contributed by atoms with van der Waals surface area (Å²) >= 11 is 6.41. The van der Waals surface area contributed by atoms with E-state index < -0.39 is 0 Å². The minimum atomic E-state index is -0.172. The minimum absolute atomic E-state index is 0.172. The number of fused-ring (bicyclic) bond motifs is 1. The summed E-state index contributed by atoms with van der Waals surface area (Å²) in [5.41, 5.74) is 7.00. The van der Waals surface area contributed by atoms with Crippen molar-refractivity contribution in [3.63, 3.8) is 0 Å². The first-order valence-electron chi connectivity index (χ1n) is 10.9. The van der Waals surface area contributed by atoms with Gasteiger partial charge in [-0.3, -0.25) is 14.9 Å². The molecular weight excluding hydrogens is 424 g/mol. The summed E-state index contributed by atoms with van der Waals surface area (Å²) in [6.45, 7) is 4.17. The van der Waals surface area contributed by atoms with Gasteiger partial charge >= 0.3 is 0 Å². The first kappa shape index (κ1) is 20.8. The highest BCUT2D eigenvalue weighted by atomic mass is 35.5. The van der Waals surface area contributed by atoms with Gasteiger partial charge in [-0.25, -0.2) is 5.01 Å². The average molecular weight is 449 g/mol. The molecule has 1 aliphatic heterocycles. The van der Waals surface area contributed by atoms with E-state index in [0.717, 1.165) is 59.5 Å². The third-order valence-electron chi connectivity index (χ3n) is 5.87. The van der Waals surface area contributed by atoms with E-state index in [1.807, 2.05) is 71.2 Å². The van der Waals surface area contributed by atoms with Gasteiger partial charge in [0, 0.05) is 40.3 Å². The number of hydrogen-bond acceptors (Lipinski definition) is 4. The van der Waals surface area contributed by atoms with E-state index in [4.69, 9.17) is 16.0 Å². The number of hydrogen-bond donors (Lipinski definition) is 1. The molecule has 7 heteroatoms. The van der Waals surface area contributed by atoms with Crippen molar-refractivity contribution in [2.45, 2.75) is 32.7 Å². The number of nitrogens with zero attached hydrogens (tertiary/aromatic N) is 3. The first-order chi connectivity index (χ1) is 15.6. The Balaban J connectivity index is 1.42. The number of furan rings is 1. The molecule has 0 atom stereocenters. The number of halogens is 1. The molecule has 1 aliphatic rings. The average Bonchev–Trinajstić information content (AvgIpc) is 3.39. The Bertz CT molecular complexity index is 1260. The van der Waals surface area contributed by atoms with Gasteiger partial charge in [-0.05, 0) is 44.0 Å². The van der Waals surface area contributed by atoms with Crippen molar-refractivity contribution in [2.75, 3.05) is 13.1 Å². The fourth-order valence-electron chi connectivity index (χ4n) is 4.20. The largest absolute Gasteiger partial charge is 0.456 e. The highest BCUT2D eigenvalue weighted by Crippen LogP contribution is 2.32. The molecule has 3 heterocycles. The van der Waals surface area contributed by atoms with Crippen LogP contribution in [0.4, 0.5) is 0 Å². The highest BCUT2D eigenvalue weighted by molar-refractivity contribution is 6.31. The fraction of sp³-hybridized carbons (Fsp3) is 0.280. The number of carbonyl (C=O) groups is 1. The smallest absolute Gasteiger partial charge is 0.286 e. The molecule has 2 aromatic carbocycles. The van der Waals surface area contributed by atoms with Crippen LogP contribution in [0.15, 0.2) is 59.0 Å². The molecule has 0 aliphatic carbocycles. The number of aryl methyl sites for hydroxylation is 1. The zero-order chi connectivity index (χ0) is 22.1. The highest BCUT2D eigenvalue weighted by Gasteiger charge is 2.18. The first-order valence-corrected chi connectivity index (χ1v) is 11.3. The van der Waals surface area contributed by atoms with E-state index in [0.29, 0.717) is 17.3 Å². The third-order valence-corrected chi connectivity index (χ3v) is 6.08. The Hall–Kier alpha value is -3.09. The SMILES string of the molecule is Cc1cc(C(=O)NN2CCCCC2)nn1Cc1cc(Cl)cc2cc(-c3ccccc3)oc12. The molecule has 1 saturated heterocycles. The molecule has 0 bridgehead atoms. The lowest BCUT2D eigenvalue weighted by Crippen LogP contribution is -2.45. The van der Waals surface area contributed by atoms with E-state index in [1.54, 1.807) is 0 Å². The zero-order valence-corrected chi connectivity index (χ0v) is 18.7. The number of hydrazine groups is 1. The number of nitrogens with one attached hydrogen (secondary N) is 1. The quantitative estimate of drug-likeness (QED) is 0.441. The predicted molar refractivity (Wildman–Crippen MR) is 126 cm³/mol. The number of piperidine rings is 1. The second-order valence-corrected chi connectivity index (χ2v) is 8.71. The second-order valence-electron chi connectivity index (χ2n) is 8.28. The number of aromatic nitrogens is 2. The standard InChI is InChI=1S/C25H25ClN4O2/c1-17-12-22(25(31)28-29-10-6-3-7-11-29)27-30(17)16-20-14-21(26)13-19-15-23(32-24(19)20)18-8-4-2-5-9-18/h2,4-5,8-9,12-15H,3,6-7,10-11,16H2,1H3,(H,28,31). The van der Waals surface area contributed by atoms with E-state index in [1.165, 1.54) is 6.42 Å². The van der Waals surface area contributed by atoms with Crippen LogP contribution in [0, 0.1) is 6.92 Å². The maximum Gasteiger partial charge on any atom is 0.286 e. The molecule has 1 N–H and O–H groups in total. The minimum Gasteiger partial charge on any atom is -0.456 e. The number of amides is 1. The van der Waals surface area contributed by atoms with E-state index >= 15 is 0 Å². The van der Waals surface area contributed by atoms with Gasteiger partial charge in [0.2, 0.25) is 0 Å². The molecular formula is C25H25ClN4O2. The Morgan fingerprint density at radius 1 is 1.09 bits per heavy atom. The molecule has 5 rings (SSSR count). The van der Waals surface area contributed by atoms with Gasteiger partial charge in [0.1, 0.15) is 11.3 Å². The van der Waals surface area contributed by atoms with Crippen molar-refractivity contribution >= 4 is 28.5 Å². The van der Waals surface area contributed by atoms with Crippen molar-refractivity contribution in [1.29, 1.82) is 0 Å². The summed E-state index contributed by atoms with van der Waals surface area (Å²) in [5.74, 6) is 0.622. The Kier molecular flexibility index (Phi) is 5.72. The van der Waals surface area contributed by atoms with Gasteiger partial charge in [-0.15, -0.1) is 0 Å². The molecule has 4 aromatic rings. The molecule has 2 aromatic heterocycles. The predicted octanol–water partition coefficient (Wildman–Crippen LogP) is 5.44. The number of carbonyl (C=O) groups excluding carboxylic acids is 1. The second kappa shape index (κ2) is 8.81. The van der Waals surface area contributed by atoms with Crippen molar-refractivity contribution in [2.24, 2.45) is 0 Å². The third kappa shape index (κ3) is 4.29. The summed E-state index contributed by atoms with van der Waals surface area (Å²) in [7, 11) is 0. The van der Waals surface area contributed by atoms with E-state index in [2.05, 4.69) is 10.5 Å². The Morgan fingerprint density at radius 3 is 2.66 bits per heavy atom. The lowest BCUT2D eigenvalue weighted by Gasteiger charge is -2.26.